The lowest BCUT2D eigenvalue weighted by atomic mass is 10.2. The lowest BCUT2D eigenvalue weighted by Gasteiger charge is -2.05. The van der Waals surface area contributed by atoms with Crippen LogP contribution in [0.3, 0.4) is 0 Å². The molecule has 2 heterocycles. The van der Waals surface area contributed by atoms with Crippen molar-refractivity contribution in [2.24, 2.45) is 0 Å². The molecule has 0 aliphatic carbocycles. The number of aryl methyl sites for hydroxylation is 2. The first kappa shape index (κ1) is 18.4. The molecule has 0 spiro atoms. The van der Waals surface area contributed by atoms with Gasteiger partial charge in [0.1, 0.15) is 29.3 Å². The number of esters is 2. The number of furan rings is 1. The fourth-order valence-electron chi connectivity index (χ4n) is 2.89. The Morgan fingerprint density at radius 1 is 1.11 bits per heavy atom. The third-order valence-corrected chi connectivity index (χ3v) is 4.22. The highest BCUT2D eigenvalue weighted by Gasteiger charge is 2.22. The predicted octanol–water partition coefficient (Wildman–Crippen LogP) is 3.53. The Bertz CT molecular complexity index is 985. The second-order valence-electron chi connectivity index (χ2n) is 6.04. The summed E-state index contributed by atoms with van der Waals surface area (Å²) in [6.07, 6.45) is 0. The van der Waals surface area contributed by atoms with E-state index in [4.69, 9.17) is 9.15 Å². The minimum atomic E-state index is -0.499. The summed E-state index contributed by atoms with van der Waals surface area (Å²) in [6, 6.07) is 11.1. The molecule has 0 N–H and O–H groups in total. The molecule has 0 amide bonds. The van der Waals surface area contributed by atoms with Crippen molar-refractivity contribution in [2.45, 2.75) is 27.4 Å². The number of benzene rings is 1. The van der Waals surface area contributed by atoms with Crippen LogP contribution in [0.4, 0.5) is 0 Å². The SMILES string of the molecule is COC(=O)c1cc(COC(=O)c2c(C)nn(-c3ccccc3)c2C)oc1C. The Balaban J connectivity index is 1.78. The van der Waals surface area contributed by atoms with Gasteiger partial charge in [-0.2, -0.15) is 5.10 Å². The Kier molecular flexibility index (Phi) is 5.12. The molecular formula is C20H20N2O5. The highest BCUT2D eigenvalue weighted by Crippen LogP contribution is 2.21. The number of para-hydroxylation sites is 1. The highest BCUT2D eigenvalue weighted by atomic mass is 16.5. The lowest BCUT2D eigenvalue weighted by molar-refractivity contribution is 0.0442. The second kappa shape index (κ2) is 7.49. The van der Waals surface area contributed by atoms with E-state index in [1.165, 1.54) is 13.2 Å². The number of carbonyl (C=O) groups excluding carboxylic acids is 2. The van der Waals surface area contributed by atoms with E-state index in [0.717, 1.165) is 5.69 Å². The van der Waals surface area contributed by atoms with Crippen LogP contribution in [0.15, 0.2) is 40.8 Å². The maximum absolute atomic E-state index is 12.6. The number of methoxy groups -OCH3 is 1. The predicted molar refractivity (Wildman–Crippen MR) is 96.9 cm³/mol. The molecule has 0 atom stereocenters. The number of carbonyl (C=O) groups is 2. The quantitative estimate of drug-likeness (QED) is 0.641. The molecule has 0 saturated heterocycles. The molecule has 7 heteroatoms. The van der Waals surface area contributed by atoms with Gasteiger partial charge in [-0.15, -0.1) is 0 Å². The molecule has 0 saturated carbocycles. The molecule has 140 valence electrons. The average molecular weight is 368 g/mol. The topological polar surface area (TPSA) is 83.6 Å². The fourth-order valence-corrected chi connectivity index (χ4v) is 2.89. The van der Waals surface area contributed by atoms with Crippen molar-refractivity contribution in [3.05, 3.63) is 70.4 Å². The Morgan fingerprint density at radius 3 is 2.48 bits per heavy atom. The molecule has 3 aromatic rings. The number of rotatable bonds is 5. The molecule has 1 aromatic carbocycles. The van der Waals surface area contributed by atoms with Gasteiger partial charge in [0.25, 0.3) is 0 Å². The summed E-state index contributed by atoms with van der Waals surface area (Å²) in [5, 5.41) is 4.44. The van der Waals surface area contributed by atoms with E-state index in [2.05, 4.69) is 9.84 Å². The van der Waals surface area contributed by atoms with E-state index in [1.54, 1.807) is 18.5 Å². The molecule has 3 rings (SSSR count). The number of ether oxygens (including phenoxy) is 2. The summed E-state index contributed by atoms with van der Waals surface area (Å²) in [5.41, 5.74) is 2.85. The number of nitrogens with zero attached hydrogens (tertiary/aromatic N) is 2. The van der Waals surface area contributed by atoms with Crippen molar-refractivity contribution in [2.75, 3.05) is 7.11 Å². The number of hydrogen-bond donors (Lipinski definition) is 0. The first-order valence-electron chi connectivity index (χ1n) is 8.38. The fraction of sp³-hybridized carbons (Fsp3) is 0.250. The van der Waals surface area contributed by atoms with Crippen LogP contribution >= 0.6 is 0 Å². The zero-order valence-corrected chi connectivity index (χ0v) is 15.6. The molecule has 7 nitrogen and oxygen atoms in total. The monoisotopic (exact) mass is 368 g/mol. The Morgan fingerprint density at radius 2 is 1.81 bits per heavy atom. The number of aromatic nitrogens is 2. The molecule has 0 fully saturated rings. The molecule has 0 bridgehead atoms. The zero-order chi connectivity index (χ0) is 19.6. The van der Waals surface area contributed by atoms with E-state index in [-0.39, 0.29) is 6.61 Å². The molecule has 0 aliphatic heterocycles. The van der Waals surface area contributed by atoms with Gasteiger partial charge in [0.2, 0.25) is 0 Å². The van der Waals surface area contributed by atoms with Crippen LogP contribution in [0, 0.1) is 20.8 Å². The Hall–Kier alpha value is -3.35. The third-order valence-electron chi connectivity index (χ3n) is 4.22. The van der Waals surface area contributed by atoms with Crippen LogP contribution in [0.5, 0.6) is 0 Å². The van der Waals surface area contributed by atoms with Crippen molar-refractivity contribution >= 4 is 11.9 Å². The molecule has 2 aromatic heterocycles. The zero-order valence-electron chi connectivity index (χ0n) is 15.6. The van der Waals surface area contributed by atoms with E-state index in [0.29, 0.717) is 34.0 Å². The second-order valence-corrected chi connectivity index (χ2v) is 6.04. The van der Waals surface area contributed by atoms with Gasteiger partial charge in [0.05, 0.1) is 24.2 Å². The first-order chi connectivity index (χ1) is 12.9. The molecule has 0 aliphatic rings. The molecule has 27 heavy (non-hydrogen) atoms. The van der Waals surface area contributed by atoms with Crippen LogP contribution in [-0.2, 0) is 16.1 Å². The van der Waals surface area contributed by atoms with Crippen molar-refractivity contribution in [3.8, 4) is 5.69 Å². The summed E-state index contributed by atoms with van der Waals surface area (Å²) in [6.45, 7) is 5.13. The van der Waals surface area contributed by atoms with E-state index in [9.17, 15) is 9.59 Å². The van der Waals surface area contributed by atoms with E-state index in [1.807, 2.05) is 37.3 Å². The van der Waals surface area contributed by atoms with Crippen LogP contribution in [0.1, 0.15) is 43.6 Å². The van der Waals surface area contributed by atoms with Gasteiger partial charge < -0.3 is 13.9 Å². The van der Waals surface area contributed by atoms with Gasteiger partial charge >= 0.3 is 11.9 Å². The van der Waals surface area contributed by atoms with Crippen LogP contribution in [-0.4, -0.2) is 28.8 Å². The summed E-state index contributed by atoms with van der Waals surface area (Å²) in [7, 11) is 1.30. The van der Waals surface area contributed by atoms with Crippen molar-refractivity contribution in [3.63, 3.8) is 0 Å². The van der Waals surface area contributed by atoms with Gasteiger partial charge in [0.15, 0.2) is 0 Å². The van der Waals surface area contributed by atoms with Gasteiger partial charge in [-0.05, 0) is 39.0 Å². The van der Waals surface area contributed by atoms with E-state index >= 15 is 0 Å². The maximum atomic E-state index is 12.6. The van der Waals surface area contributed by atoms with Gasteiger partial charge in [0, 0.05) is 0 Å². The van der Waals surface area contributed by atoms with Gasteiger partial charge in [-0.25, -0.2) is 14.3 Å². The van der Waals surface area contributed by atoms with Crippen LogP contribution in [0.25, 0.3) is 5.69 Å². The van der Waals surface area contributed by atoms with Gasteiger partial charge in [-0.1, -0.05) is 18.2 Å². The normalized spacial score (nSPS) is 10.7. The third kappa shape index (κ3) is 3.62. The van der Waals surface area contributed by atoms with Crippen molar-refractivity contribution in [1.82, 2.24) is 9.78 Å². The average Bonchev–Trinajstić information content (AvgIpc) is 3.19. The minimum absolute atomic E-state index is 0.0912. The summed E-state index contributed by atoms with van der Waals surface area (Å²) >= 11 is 0. The minimum Gasteiger partial charge on any atom is -0.465 e. The largest absolute Gasteiger partial charge is 0.465 e. The number of hydrogen-bond acceptors (Lipinski definition) is 6. The van der Waals surface area contributed by atoms with Crippen molar-refractivity contribution in [1.29, 1.82) is 0 Å². The summed E-state index contributed by atoms with van der Waals surface area (Å²) in [5.74, 6) is -0.213. The molecular weight excluding hydrogens is 348 g/mol. The summed E-state index contributed by atoms with van der Waals surface area (Å²) < 4.78 is 17.2. The highest BCUT2D eigenvalue weighted by molar-refractivity contribution is 5.92. The lowest BCUT2D eigenvalue weighted by Crippen LogP contribution is -2.08. The van der Waals surface area contributed by atoms with Crippen LogP contribution in [0.2, 0.25) is 0 Å². The maximum Gasteiger partial charge on any atom is 0.342 e. The summed E-state index contributed by atoms with van der Waals surface area (Å²) in [4.78, 5) is 24.2. The smallest absolute Gasteiger partial charge is 0.342 e. The molecule has 0 radical (unpaired) electrons. The van der Waals surface area contributed by atoms with Crippen LogP contribution < -0.4 is 0 Å². The molecule has 0 unspecified atom stereocenters. The first-order valence-corrected chi connectivity index (χ1v) is 8.38. The van der Waals surface area contributed by atoms with Crippen molar-refractivity contribution < 1.29 is 23.5 Å². The van der Waals surface area contributed by atoms with E-state index < -0.39 is 11.9 Å². The van der Waals surface area contributed by atoms with Gasteiger partial charge in [-0.3, -0.25) is 0 Å². The standard InChI is InChI=1S/C20H20N2O5/c1-12-18(13(2)22(21-12)15-8-6-5-7-9-15)20(24)26-11-16-10-17(14(3)27-16)19(23)25-4/h5-10H,11H2,1-4H3. The Labute approximate surface area is 156 Å².